The van der Waals surface area contributed by atoms with Gasteiger partial charge < -0.3 is 5.32 Å². The molecule has 0 bridgehead atoms. The van der Waals surface area contributed by atoms with Gasteiger partial charge in [-0.15, -0.1) is 0 Å². The molecule has 1 amide bonds. The van der Waals surface area contributed by atoms with Crippen molar-refractivity contribution in [2.24, 2.45) is 0 Å². The van der Waals surface area contributed by atoms with Crippen molar-refractivity contribution >= 4 is 60.7 Å². The first-order chi connectivity index (χ1) is 9.86. The van der Waals surface area contributed by atoms with Gasteiger partial charge in [0.25, 0.3) is 11.6 Å². The second kappa shape index (κ2) is 6.55. The van der Waals surface area contributed by atoms with Crippen LogP contribution in [0, 0.1) is 10.1 Å². The summed E-state index contributed by atoms with van der Waals surface area (Å²) >= 11 is 12.4. The van der Waals surface area contributed by atoms with E-state index in [1.54, 1.807) is 12.1 Å². The van der Waals surface area contributed by atoms with E-state index in [1.807, 2.05) is 0 Å². The lowest BCUT2D eigenvalue weighted by Crippen LogP contribution is -2.12. The van der Waals surface area contributed by atoms with Gasteiger partial charge in [-0.2, -0.15) is 0 Å². The Labute approximate surface area is 141 Å². The van der Waals surface area contributed by atoms with Crippen LogP contribution >= 0.6 is 43.5 Å². The van der Waals surface area contributed by atoms with Gasteiger partial charge >= 0.3 is 0 Å². The van der Waals surface area contributed by atoms with E-state index in [2.05, 4.69) is 37.2 Å². The number of carbonyl (C=O) groups is 1. The molecule has 0 fully saturated rings. The van der Waals surface area contributed by atoms with Crippen LogP contribution in [0.4, 0.5) is 11.4 Å². The zero-order valence-corrected chi connectivity index (χ0v) is 14.2. The average Bonchev–Trinajstić information content (AvgIpc) is 2.39. The molecule has 21 heavy (non-hydrogen) atoms. The lowest BCUT2D eigenvalue weighted by molar-refractivity contribution is -0.384. The summed E-state index contributed by atoms with van der Waals surface area (Å²) in [4.78, 5) is 22.4. The number of amides is 1. The van der Waals surface area contributed by atoms with E-state index in [0.717, 1.165) is 0 Å². The third-order valence-corrected chi connectivity index (χ3v) is 3.90. The predicted octanol–water partition coefficient (Wildman–Crippen LogP) is 5.03. The van der Waals surface area contributed by atoms with E-state index < -0.39 is 10.8 Å². The van der Waals surface area contributed by atoms with Gasteiger partial charge in [0, 0.05) is 31.7 Å². The average molecular weight is 434 g/mol. The number of rotatable bonds is 3. The fourth-order valence-electron chi connectivity index (χ4n) is 1.60. The summed E-state index contributed by atoms with van der Waals surface area (Å²) in [5, 5.41) is 13.8. The van der Waals surface area contributed by atoms with Gasteiger partial charge in [-0.05, 0) is 40.2 Å². The van der Waals surface area contributed by atoms with Crippen molar-refractivity contribution in [1.82, 2.24) is 0 Å². The van der Waals surface area contributed by atoms with Gasteiger partial charge in [-0.25, -0.2) is 0 Å². The number of hydrogen-bond acceptors (Lipinski definition) is 3. The molecule has 0 aliphatic rings. The number of nitro groups is 1. The van der Waals surface area contributed by atoms with Crippen LogP contribution in [0.15, 0.2) is 45.3 Å². The Morgan fingerprint density at radius 2 is 1.90 bits per heavy atom. The first-order valence-electron chi connectivity index (χ1n) is 5.58. The summed E-state index contributed by atoms with van der Waals surface area (Å²) in [5.41, 5.74) is 0.541. The molecule has 0 heterocycles. The third-order valence-electron chi connectivity index (χ3n) is 2.53. The largest absolute Gasteiger partial charge is 0.321 e. The van der Waals surface area contributed by atoms with Crippen molar-refractivity contribution in [3.05, 3.63) is 66.0 Å². The van der Waals surface area contributed by atoms with E-state index in [4.69, 9.17) is 11.6 Å². The molecule has 2 rings (SSSR count). The zero-order chi connectivity index (χ0) is 15.6. The lowest BCUT2D eigenvalue weighted by Gasteiger charge is -2.08. The molecule has 8 heteroatoms. The van der Waals surface area contributed by atoms with Gasteiger partial charge in [-0.1, -0.05) is 27.5 Å². The number of anilines is 1. The molecule has 0 aromatic heterocycles. The highest BCUT2D eigenvalue weighted by Crippen LogP contribution is 2.28. The van der Waals surface area contributed by atoms with Crippen molar-refractivity contribution in [3.63, 3.8) is 0 Å². The Morgan fingerprint density at radius 3 is 2.52 bits per heavy atom. The summed E-state index contributed by atoms with van der Waals surface area (Å²) in [6.07, 6.45) is 0. The minimum absolute atomic E-state index is 0.110. The van der Waals surface area contributed by atoms with Crippen LogP contribution in [0.1, 0.15) is 10.4 Å². The Balaban J connectivity index is 2.31. The SMILES string of the molecule is O=C(Nc1cc([N+](=O)[O-])ccc1Br)c1cc(Cl)cc(Br)c1. The Hall–Kier alpha value is -1.44. The van der Waals surface area contributed by atoms with Crippen LogP contribution in [0.25, 0.3) is 0 Å². The maximum absolute atomic E-state index is 12.2. The van der Waals surface area contributed by atoms with Crippen LogP contribution in [0.2, 0.25) is 5.02 Å². The van der Waals surface area contributed by atoms with E-state index in [0.29, 0.717) is 25.2 Å². The molecule has 0 saturated carbocycles. The first kappa shape index (κ1) is 15.9. The summed E-state index contributed by atoms with van der Waals surface area (Å²) < 4.78 is 1.21. The monoisotopic (exact) mass is 432 g/mol. The topological polar surface area (TPSA) is 72.2 Å². The molecule has 2 aromatic rings. The Kier molecular flexibility index (Phi) is 4.97. The second-order valence-electron chi connectivity index (χ2n) is 4.03. The molecular formula is C13H7Br2ClN2O3. The van der Waals surface area contributed by atoms with Gasteiger partial charge in [0.05, 0.1) is 10.6 Å². The highest BCUT2D eigenvalue weighted by molar-refractivity contribution is 9.10. The number of carbonyl (C=O) groups excluding carboxylic acids is 1. The fraction of sp³-hybridized carbons (Fsp3) is 0. The standard InChI is InChI=1S/C13H7Br2ClN2O3/c14-8-3-7(4-9(16)5-8)13(19)17-12-6-10(18(20)21)1-2-11(12)15/h1-6H,(H,17,19). The summed E-state index contributed by atoms with van der Waals surface area (Å²) in [7, 11) is 0. The molecular weight excluding hydrogens is 427 g/mol. The van der Waals surface area contributed by atoms with Gasteiger partial charge in [-0.3, -0.25) is 14.9 Å². The quantitative estimate of drug-likeness (QED) is 0.544. The van der Waals surface area contributed by atoms with Crippen LogP contribution in [0.3, 0.4) is 0 Å². The number of halogens is 3. The maximum atomic E-state index is 12.2. The minimum Gasteiger partial charge on any atom is -0.321 e. The van der Waals surface area contributed by atoms with Crippen LogP contribution < -0.4 is 5.32 Å². The maximum Gasteiger partial charge on any atom is 0.271 e. The molecule has 108 valence electrons. The minimum atomic E-state index is -0.530. The molecule has 0 aliphatic carbocycles. The number of hydrogen-bond donors (Lipinski definition) is 1. The number of non-ortho nitro benzene ring substituents is 1. The number of benzene rings is 2. The molecule has 2 aromatic carbocycles. The summed E-state index contributed by atoms with van der Waals surface area (Å²) in [6, 6.07) is 8.89. The Morgan fingerprint density at radius 1 is 1.19 bits per heavy atom. The number of nitrogens with one attached hydrogen (secondary N) is 1. The molecule has 1 N–H and O–H groups in total. The Bertz CT molecular complexity index is 717. The highest BCUT2D eigenvalue weighted by Gasteiger charge is 2.13. The van der Waals surface area contributed by atoms with Crippen molar-refractivity contribution < 1.29 is 9.72 Å². The highest BCUT2D eigenvalue weighted by atomic mass is 79.9. The number of nitro benzene ring substituents is 1. The third kappa shape index (κ3) is 4.03. The van der Waals surface area contributed by atoms with Gasteiger partial charge in [0.2, 0.25) is 0 Å². The first-order valence-corrected chi connectivity index (χ1v) is 7.54. The van der Waals surface area contributed by atoms with Gasteiger partial charge in [0.1, 0.15) is 0 Å². The number of nitrogens with zero attached hydrogens (tertiary/aromatic N) is 1. The predicted molar refractivity (Wildman–Crippen MR) is 87.9 cm³/mol. The molecule has 0 spiro atoms. The molecule has 5 nitrogen and oxygen atoms in total. The van der Waals surface area contributed by atoms with E-state index in [1.165, 1.54) is 24.3 Å². The zero-order valence-electron chi connectivity index (χ0n) is 10.3. The van der Waals surface area contributed by atoms with Gasteiger partial charge in [0.15, 0.2) is 0 Å². The lowest BCUT2D eigenvalue weighted by atomic mass is 10.2. The molecule has 0 radical (unpaired) electrons. The summed E-state index contributed by atoms with van der Waals surface area (Å²) in [6.45, 7) is 0. The molecule has 0 atom stereocenters. The van der Waals surface area contributed by atoms with E-state index in [9.17, 15) is 14.9 Å². The molecule has 0 unspecified atom stereocenters. The molecule has 0 saturated heterocycles. The van der Waals surface area contributed by atoms with Crippen molar-refractivity contribution in [3.8, 4) is 0 Å². The van der Waals surface area contributed by atoms with Crippen molar-refractivity contribution in [2.45, 2.75) is 0 Å². The van der Waals surface area contributed by atoms with E-state index >= 15 is 0 Å². The van der Waals surface area contributed by atoms with Crippen LogP contribution in [-0.4, -0.2) is 10.8 Å². The smallest absolute Gasteiger partial charge is 0.271 e. The molecule has 0 aliphatic heterocycles. The van der Waals surface area contributed by atoms with Crippen molar-refractivity contribution in [1.29, 1.82) is 0 Å². The van der Waals surface area contributed by atoms with Crippen LogP contribution in [0.5, 0.6) is 0 Å². The second-order valence-corrected chi connectivity index (χ2v) is 6.24. The van der Waals surface area contributed by atoms with Crippen LogP contribution in [-0.2, 0) is 0 Å². The van der Waals surface area contributed by atoms with Crippen molar-refractivity contribution in [2.75, 3.05) is 5.32 Å². The summed E-state index contributed by atoms with van der Waals surface area (Å²) in [5.74, 6) is -0.417. The van der Waals surface area contributed by atoms with E-state index in [-0.39, 0.29) is 5.69 Å². The fourth-order valence-corrected chi connectivity index (χ4v) is 2.81. The normalized spacial score (nSPS) is 10.2.